The van der Waals surface area contributed by atoms with Gasteiger partial charge in [-0.1, -0.05) is 32.0 Å². The number of amides is 1. The first-order valence-electron chi connectivity index (χ1n) is 7.78. The van der Waals surface area contributed by atoms with Crippen LogP contribution >= 0.6 is 0 Å². The van der Waals surface area contributed by atoms with Gasteiger partial charge in [-0.25, -0.2) is 0 Å². The number of carboxylic acids is 1. The van der Waals surface area contributed by atoms with Crippen LogP contribution in [0.25, 0.3) is 10.9 Å². The van der Waals surface area contributed by atoms with Gasteiger partial charge in [0.25, 0.3) is 0 Å². The van der Waals surface area contributed by atoms with Crippen molar-refractivity contribution in [3.8, 4) is 0 Å². The Labute approximate surface area is 135 Å². The van der Waals surface area contributed by atoms with E-state index >= 15 is 0 Å². The lowest BCUT2D eigenvalue weighted by atomic mass is 10.1. The first-order valence-corrected chi connectivity index (χ1v) is 7.78. The van der Waals surface area contributed by atoms with Crippen LogP contribution in [0.1, 0.15) is 26.0 Å². The molecule has 0 bridgehead atoms. The molecule has 0 radical (unpaired) electrons. The Balaban J connectivity index is 2.17. The molecule has 0 fully saturated rings. The molecule has 0 atom stereocenters. The van der Waals surface area contributed by atoms with Crippen molar-refractivity contribution >= 4 is 22.8 Å². The van der Waals surface area contributed by atoms with E-state index in [0.717, 1.165) is 16.6 Å². The van der Waals surface area contributed by atoms with Gasteiger partial charge < -0.3 is 10.0 Å². The molecule has 0 saturated carbocycles. The van der Waals surface area contributed by atoms with E-state index in [9.17, 15) is 9.59 Å². The van der Waals surface area contributed by atoms with E-state index in [2.05, 4.69) is 5.10 Å². The van der Waals surface area contributed by atoms with E-state index in [1.54, 1.807) is 9.58 Å². The Morgan fingerprint density at radius 3 is 2.65 bits per heavy atom. The number of rotatable bonds is 7. The zero-order chi connectivity index (χ0) is 17.0. The second-order valence-corrected chi connectivity index (χ2v) is 6.14. The Hall–Kier alpha value is -2.37. The largest absolute Gasteiger partial charge is 0.481 e. The van der Waals surface area contributed by atoms with Gasteiger partial charge in [-0.05, 0) is 12.0 Å². The van der Waals surface area contributed by atoms with Crippen molar-refractivity contribution in [2.75, 3.05) is 13.1 Å². The number of aromatic nitrogens is 2. The number of aryl methyl sites for hydroxylation is 1. The Kier molecular flexibility index (Phi) is 5.36. The molecular weight excluding hydrogens is 294 g/mol. The third-order valence-electron chi connectivity index (χ3n) is 3.69. The molecule has 1 aromatic carbocycles. The maximum Gasteiger partial charge on any atom is 0.305 e. The number of carbonyl (C=O) groups is 2. The minimum atomic E-state index is -0.894. The van der Waals surface area contributed by atoms with Gasteiger partial charge in [0.1, 0.15) is 0 Å². The summed E-state index contributed by atoms with van der Waals surface area (Å²) in [5.74, 6) is -0.688. The molecule has 6 nitrogen and oxygen atoms in total. The van der Waals surface area contributed by atoms with Crippen LogP contribution in [0.2, 0.25) is 0 Å². The maximum atomic E-state index is 12.6. The SMILES string of the molecule is CC(C)CN(CCC(=O)O)C(=O)Cc1nn(C)c2ccccc12. The molecule has 0 unspecified atom stereocenters. The summed E-state index contributed by atoms with van der Waals surface area (Å²) >= 11 is 0. The predicted octanol–water partition coefficient (Wildman–Crippen LogP) is 2.08. The number of hydrogen-bond acceptors (Lipinski definition) is 3. The fraction of sp³-hybridized carbons (Fsp3) is 0.471. The predicted molar refractivity (Wildman–Crippen MR) is 88.1 cm³/mol. The smallest absolute Gasteiger partial charge is 0.305 e. The minimum Gasteiger partial charge on any atom is -0.481 e. The van der Waals surface area contributed by atoms with E-state index in [1.807, 2.05) is 45.2 Å². The molecule has 6 heteroatoms. The molecule has 124 valence electrons. The number of hydrogen-bond donors (Lipinski definition) is 1. The molecule has 0 aliphatic heterocycles. The second kappa shape index (κ2) is 7.26. The van der Waals surface area contributed by atoms with Crippen LogP contribution in [0.3, 0.4) is 0 Å². The third kappa shape index (κ3) is 4.31. The summed E-state index contributed by atoms with van der Waals surface area (Å²) in [6, 6.07) is 7.78. The zero-order valence-electron chi connectivity index (χ0n) is 13.8. The number of fused-ring (bicyclic) bond motifs is 1. The number of carbonyl (C=O) groups excluding carboxylic acids is 1. The molecule has 0 aliphatic rings. The normalized spacial score (nSPS) is 11.1. The molecule has 1 N–H and O–H groups in total. The van der Waals surface area contributed by atoms with Gasteiger partial charge in [-0.15, -0.1) is 0 Å². The van der Waals surface area contributed by atoms with E-state index in [4.69, 9.17) is 5.11 Å². The van der Waals surface area contributed by atoms with Crippen molar-refractivity contribution in [1.29, 1.82) is 0 Å². The highest BCUT2D eigenvalue weighted by Crippen LogP contribution is 2.18. The molecule has 1 amide bonds. The van der Waals surface area contributed by atoms with E-state index in [1.165, 1.54) is 0 Å². The monoisotopic (exact) mass is 317 g/mol. The van der Waals surface area contributed by atoms with Crippen molar-refractivity contribution in [3.05, 3.63) is 30.0 Å². The highest BCUT2D eigenvalue weighted by atomic mass is 16.4. The van der Waals surface area contributed by atoms with Crippen LogP contribution in [0.4, 0.5) is 0 Å². The quantitative estimate of drug-likeness (QED) is 0.848. The van der Waals surface area contributed by atoms with Crippen LogP contribution in [0, 0.1) is 5.92 Å². The highest BCUT2D eigenvalue weighted by Gasteiger charge is 2.19. The fourth-order valence-corrected chi connectivity index (χ4v) is 2.66. The molecule has 0 aliphatic carbocycles. The number of benzene rings is 1. The van der Waals surface area contributed by atoms with Gasteiger partial charge in [0.05, 0.1) is 24.1 Å². The zero-order valence-corrected chi connectivity index (χ0v) is 13.8. The Morgan fingerprint density at radius 1 is 1.30 bits per heavy atom. The summed E-state index contributed by atoms with van der Waals surface area (Å²) in [6.45, 7) is 4.81. The Morgan fingerprint density at radius 2 is 2.00 bits per heavy atom. The van der Waals surface area contributed by atoms with Gasteiger partial charge in [0.15, 0.2) is 0 Å². The first kappa shape index (κ1) is 17.0. The van der Waals surface area contributed by atoms with Crippen LogP contribution in [-0.4, -0.2) is 44.8 Å². The molecule has 2 aromatic rings. The van der Waals surface area contributed by atoms with Crippen LogP contribution < -0.4 is 0 Å². The molecular formula is C17H23N3O3. The molecule has 0 spiro atoms. The number of aliphatic carboxylic acids is 1. The van der Waals surface area contributed by atoms with Gasteiger partial charge in [0.2, 0.25) is 5.91 Å². The first-order chi connectivity index (χ1) is 10.9. The minimum absolute atomic E-state index is 0.0403. The molecule has 1 heterocycles. The van der Waals surface area contributed by atoms with E-state index < -0.39 is 5.97 Å². The van der Waals surface area contributed by atoms with Crippen molar-refractivity contribution in [2.24, 2.45) is 13.0 Å². The summed E-state index contributed by atoms with van der Waals surface area (Å²) in [4.78, 5) is 25.0. The number of nitrogens with zero attached hydrogens (tertiary/aromatic N) is 3. The molecule has 2 rings (SSSR count). The molecule has 1 aromatic heterocycles. The average molecular weight is 317 g/mol. The third-order valence-corrected chi connectivity index (χ3v) is 3.69. The molecule has 0 saturated heterocycles. The highest BCUT2D eigenvalue weighted by molar-refractivity contribution is 5.87. The lowest BCUT2D eigenvalue weighted by Crippen LogP contribution is -2.37. The number of carboxylic acid groups (broad SMARTS) is 1. The van der Waals surface area contributed by atoms with Crippen molar-refractivity contribution < 1.29 is 14.7 Å². The maximum absolute atomic E-state index is 12.6. The fourth-order valence-electron chi connectivity index (χ4n) is 2.66. The molecule has 23 heavy (non-hydrogen) atoms. The van der Waals surface area contributed by atoms with Crippen molar-refractivity contribution in [1.82, 2.24) is 14.7 Å². The van der Waals surface area contributed by atoms with Crippen LogP contribution in [-0.2, 0) is 23.1 Å². The van der Waals surface area contributed by atoms with Crippen molar-refractivity contribution in [2.45, 2.75) is 26.7 Å². The van der Waals surface area contributed by atoms with E-state index in [0.29, 0.717) is 6.54 Å². The topological polar surface area (TPSA) is 75.4 Å². The summed E-state index contributed by atoms with van der Waals surface area (Å²) in [6.07, 6.45) is 0.148. The lowest BCUT2D eigenvalue weighted by molar-refractivity contribution is -0.138. The van der Waals surface area contributed by atoms with Gasteiger partial charge in [-0.3, -0.25) is 14.3 Å². The summed E-state index contributed by atoms with van der Waals surface area (Å²) in [5, 5.41) is 14.3. The summed E-state index contributed by atoms with van der Waals surface area (Å²) in [7, 11) is 1.85. The second-order valence-electron chi connectivity index (χ2n) is 6.14. The average Bonchev–Trinajstić information content (AvgIpc) is 2.80. The van der Waals surface area contributed by atoms with Crippen LogP contribution in [0.5, 0.6) is 0 Å². The summed E-state index contributed by atoms with van der Waals surface area (Å²) in [5.41, 5.74) is 1.72. The van der Waals surface area contributed by atoms with Gasteiger partial charge >= 0.3 is 5.97 Å². The van der Waals surface area contributed by atoms with Gasteiger partial charge in [0, 0.05) is 25.5 Å². The van der Waals surface area contributed by atoms with Gasteiger partial charge in [-0.2, -0.15) is 5.10 Å². The standard InChI is InChI=1S/C17H23N3O3/c1-12(2)11-20(9-8-17(22)23)16(21)10-14-13-6-4-5-7-15(13)19(3)18-14/h4-7,12H,8-11H2,1-3H3,(H,22,23). The number of para-hydroxylation sites is 1. The Bertz CT molecular complexity index is 706. The van der Waals surface area contributed by atoms with Crippen molar-refractivity contribution in [3.63, 3.8) is 0 Å². The van der Waals surface area contributed by atoms with E-state index in [-0.39, 0.29) is 31.2 Å². The lowest BCUT2D eigenvalue weighted by Gasteiger charge is -2.23. The van der Waals surface area contributed by atoms with Crippen LogP contribution in [0.15, 0.2) is 24.3 Å². The summed E-state index contributed by atoms with van der Waals surface area (Å²) < 4.78 is 1.77.